The first-order chi connectivity index (χ1) is 8.49. The van der Waals surface area contributed by atoms with E-state index in [1.807, 2.05) is 0 Å². The van der Waals surface area contributed by atoms with Gasteiger partial charge in [-0.1, -0.05) is 0 Å². The lowest BCUT2D eigenvalue weighted by Crippen LogP contribution is -2.64. The van der Waals surface area contributed by atoms with Crippen molar-refractivity contribution in [1.82, 2.24) is 10.2 Å². The molecular formula is C12H22N2O4. The molecule has 0 spiro atoms. The molecule has 1 N–H and O–H groups in total. The number of nitrogens with one attached hydrogen (secondary N) is 1. The van der Waals surface area contributed by atoms with Crippen LogP contribution in [0, 0.1) is 0 Å². The summed E-state index contributed by atoms with van der Waals surface area (Å²) in [5, 5.41) is 2.91. The molecular weight excluding hydrogens is 236 g/mol. The molecule has 0 aliphatic carbocycles. The Kier molecular flexibility index (Phi) is 5.71. The topological polar surface area (TPSA) is 67.9 Å². The average Bonchev–Trinajstić information content (AvgIpc) is 2.33. The number of imide groups is 1. The molecule has 0 bridgehead atoms. The van der Waals surface area contributed by atoms with E-state index in [0.29, 0.717) is 26.4 Å². The van der Waals surface area contributed by atoms with Crippen LogP contribution in [0.5, 0.6) is 0 Å². The van der Waals surface area contributed by atoms with Crippen molar-refractivity contribution in [3.63, 3.8) is 0 Å². The van der Waals surface area contributed by atoms with Crippen LogP contribution in [-0.4, -0.2) is 62.3 Å². The van der Waals surface area contributed by atoms with E-state index in [1.54, 1.807) is 21.0 Å². The standard InChI is InChI=1S/C12H22N2O4/c1-12(2)11(16)14(10(15)9-13-12)5-8-18-7-4-6-17-3/h13H,4-9H2,1-3H3. The van der Waals surface area contributed by atoms with Crippen molar-refractivity contribution >= 4 is 11.8 Å². The van der Waals surface area contributed by atoms with Crippen LogP contribution in [0.2, 0.25) is 0 Å². The number of methoxy groups -OCH3 is 1. The summed E-state index contributed by atoms with van der Waals surface area (Å²) in [4.78, 5) is 24.9. The van der Waals surface area contributed by atoms with E-state index >= 15 is 0 Å². The second kappa shape index (κ2) is 6.82. The van der Waals surface area contributed by atoms with Crippen molar-refractivity contribution in [2.75, 3.05) is 40.0 Å². The highest BCUT2D eigenvalue weighted by Crippen LogP contribution is 2.12. The maximum atomic E-state index is 12.0. The highest BCUT2D eigenvalue weighted by molar-refractivity contribution is 6.03. The number of carbonyl (C=O) groups is 2. The Morgan fingerprint density at radius 2 is 2.00 bits per heavy atom. The van der Waals surface area contributed by atoms with Crippen LogP contribution < -0.4 is 5.32 Å². The maximum Gasteiger partial charge on any atom is 0.249 e. The van der Waals surface area contributed by atoms with E-state index in [0.717, 1.165) is 6.42 Å². The fourth-order valence-electron chi connectivity index (χ4n) is 1.71. The minimum absolute atomic E-state index is 0.195. The predicted octanol–water partition coefficient (Wildman–Crippen LogP) is -0.223. The number of hydrogen-bond acceptors (Lipinski definition) is 5. The summed E-state index contributed by atoms with van der Waals surface area (Å²) < 4.78 is 10.2. The molecule has 1 saturated heterocycles. The molecule has 6 nitrogen and oxygen atoms in total. The fraction of sp³-hybridized carbons (Fsp3) is 0.833. The molecule has 0 unspecified atom stereocenters. The molecule has 6 heteroatoms. The van der Waals surface area contributed by atoms with E-state index in [-0.39, 0.29) is 18.4 Å². The Balaban J connectivity index is 2.31. The largest absolute Gasteiger partial charge is 0.385 e. The van der Waals surface area contributed by atoms with Crippen LogP contribution in [0.25, 0.3) is 0 Å². The number of piperazine rings is 1. The molecule has 18 heavy (non-hydrogen) atoms. The summed E-state index contributed by atoms with van der Waals surface area (Å²) in [7, 11) is 1.64. The van der Waals surface area contributed by atoms with Gasteiger partial charge < -0.3 is 9.47 Å². The maximum absolute atomic E-state index is 12.0. The van der Waals surface area contributed by atoms with Gasteiger partial charge in [0.1, 0.15) is 0 Å². The molecule has 0 aromatic rings. The van der Waals surface area contributed by atoms with E-state index in [9.17, 15) is 9.59 Å². The number of carbonyl (C=O) groups excluding carboxylic acids is 2. The molecule has 1 rings (SSSR count). The highest BCUT2D eigenvalue weighted by Gasteiger charge is 2.39. The SMILES string of the molecule is COCCCOCCN1C(=O)CNC(C)(C)C1=O. The average molecular weight is 258 g/mol. The molecule has 2 amide bonds. The number of amides is 2. The third-order valence-electron chi connectivity index (χ3n) is 2.86. The van der Waals surface area contributed by atoms with Gasteiger partial charge in [-0.3, -0.25) is 19.8 Å². The molecule has 0 aromatic carbocycles. The van der Waals surface area contributed by atoms with Crippen LogP contribution in [-0.2, 0) is 19.1 Å². The van der Waals surface area contributed by atoms with Gasteiger partial charge in [-0.2, -0.15) is 0 Å². The lowest BCUT2D eigenvalue weighted by Gasteiger charge is -2.36. The molecule has 104 valence electrons. The van der Waals surface area contributed by atoms with Gasteiger partial charge in [0, 0.05) is 20.3 Å². The Morgan fingerprint density at radius 3 is 2.67 bits per heavy atom. The monoisotopic (exact) mass is 258 g/mol. The zero-order valence-corrected chi connectivity index (χ0v) is 11.3. The first kappa shape index (κ1) is 15.1. The molecule has 1 fully saturated rings. The second-order valence-corrected chi connectivity index (χ2v) is 4.79. The van der Waals surface area contributed by atoms with Gasteiger partial charge >= 0.3 is 0 Å². The minimum Gasteiger partial charge on any atom is -0.385 e. The Morgan fingerprint density at radius 1 is 1.28 bits per heavy atom. The number of nitrogens with zero attached hydrogens (tertiary/aromatic N) is 1. The summed E-state index contributed by atoms with van der Waals surface area (Å²) in [6, 6.07) is 0. The zero-order valence-electron chi connectivity index (χ0n) is 11.3. The van der Waals surface area contributed by atoms with Gasteiger partial charge in [-0.25, -0.2) is 0 Å². The van der Waals surface area contributed by atoms with E-state index in [1.165, 1.54) is 4.90 Å². The van der Waals surface area contributed by atoms with E-state index < -0.39 is 5.54 Å². The second-order valence-electron chi connectivity index (χ2n) is 4.79. The summed E-state index contributed by atoms with van der Waals surface area (Å²) in [6.45, 7) is 5.65. The van der Waals surface area contributed by atoms with Crippen LogP contribution in [0.3, 0.4) is 0 Å². The van der Waals surface area contributed by atoms with Gasteiger partial charge in [0.2, 0.25) is 11.8 Å². The summed E-state index contributed by atoms with van der Waals surface area (Å²) in [5.41, 5.74) is -0.677. The van der Waals surface area contributed by atoms with Crippen LogP contribution in [0.15, 0.2) is 0 Å². The smallest absolute Gasteiger partial charge is 0.249 e. The van der Waals surface area contributed by atoms with Crippen LogP contribution in [0.1, 0.15) is 20.3 Å². The van der Waals surface area contributed by atoms with Crippen molar-refractivity contribution in [2.24, 2.45) is 0 Å². The molecule has 0 aromatic heterocycles. The predicted molar refractivity (Wildman–Crippen MR) is 66.1 cm³/mol. The first-order valence-electron chi connectivity index (χ1n) is 6.15. The Hall–Kier alpha value is -0.980. The lowest BCUT2D eigenvalue weighted by atomic mass is 10.0. The summed E-state index contributed by atoms with van der Waals surface area (Å²) in [5.74, 6) is -0.390. The lowest BCUT2D eigenvalue weighted by molar-refractivity contribution is -0.153. The van der Waals surface area contributed by atoms with Crippen molar-refractivity contribution < 1.29 is 19.1 Å². The molecule has 1 aliphatic heterocycles. The van der Waals surface area contributed by atoms with Crippen molar-refractivity contribution in [1.29, 1.82) is 0 Å². The quantitative estimate of drug-likeness (QED) is 0.505. The van der Waals surface area contributed by atoms with Gasteiger partial charge in [-0.15, -0.1) is 0 Å². The third-order valence-corrected chi connectivity index (χ3v) is 2.86. The van der Waals surface area contributed by atoms with Gasteiger partial charge in [0.25, 0.3) is 0 Å². The Labute approximate surface area is 108 Å². The van der Waals surface area contributed by atoms with Crippen molar-refractivity contribution in [3.05, 3.63) is 0 Å². The van der Waals surface area contributed by atoms with Crippen molar-refractivity contribution in [3.8, 4) is 0 Å². The molecule has 0 saturated carbocycles. The van der Waals surface area contributed by atoms with Gasteiger partial charge in [-0.05, 0) is 20.3 Å². The number of hydrogen-bond donors (Lipinski definition) is 1. The molecule has 1 aliphatic rings. The summed E-state index contributed by atoms with van der Waals surface area (Å²) in [6.07, 6.45) is 0.811. The van der Waals surface area contributed by atoms with Crippen molar-refractivity contribution in [2.45, 2.75) is 25.8 Å². The molecule has 0 atom stereocenters. The molecule has 0 radical (unpaired) electrons. The first-order valence-corrected chi connectivity index (χ1v) is 6.15. The zero-order chi connectivity index (χ0) is 13.6. The summed E-state index contributed by atoms with van der Waals surface area (Å²) >= 11 is 0. The normalized spacial score (nSPS) is 19.4. The van der Waals surface area contributed by atoms with Crippen LogP contribution >= 0.6 is 0 Å². The van der Waals surface area contributed by atoms with Gasteiger partial charge in [0.15, 0.2) is 0 Å². The third kappa shape index (κ3) is 4.04. The number of rotatable bonds is 7. The highest BCUT2D eigenvalue weighted by atomic mass is 16.5. The Bertz CT molecular complexity index is 304. The van der Waals surface area contributed by atoms with E-state index in [4.69, 9.17) is 9.47 Å². The number of ether oxygens (including phenoxy) is 2. The minimum atomic E-state index is -0.677. The van der Waals surface area contributed by atoms with Gasteiger partial charge in [0.05, 0.1) is 25.2 Å². The molecule has 1 heterocycles. The van der Waals surface area contributed by atoms with Crippen LogP contribution in [0.4, 0.5) is 0 Å². The van der Waals surface area contributed by atoms with E-state index in [2.05, 4.69) is 5.32 Å². The fourth-order valence-corrected chi connectivity index (χ4v) is 1.71.